The predicted octanol–water partition coefficient (Wildman–Crippen LogP) is 4.18. The second-order valence-electron chi connectivity index (χ2n) is 9.40. The molecule has 0 unspecified atom stereocenters. The van der Waals surface area contributed by atoms with Gasteiger partial charge in [-0.05, 0) is 67.6 Å². The molecule has 0 aromatic heterocycles. The smallest absolute Gasteiger partial charge is 0.224 e. The minimum Gasteiger partial charge on any atom is -0.352 e. The molecule has 2 saturated heterocycles. The fourth-order valence-electron chi connectivity index (χ4n) is 4.86. The highest BCUT2D eigenvalue weighted by atomic mass is 35.5. The largest absolute Gasteiger partial charge is 0.352 e. The lowest BCUT2D eigenvalue weighted by Crippen LogP contribution is -2.45. The Hall–Kier alpha value is -1.93. The normalized spacial score (nSPS) is 20.2. The molecule has 0 saturated carbocycles. The molecule has 0 bridgehead atoms. The molecule has 184 valence electrons. The number of halogens is 1. The molecule has 2 aliphatic rings. The summed E-state index contributed by atoms with van der Waals surface area (Å²) >= 11 is 5.91. The number of benzene rings is 2. The Labute approximate surface area is 208 Å². The highest BCUT2D eigenvalue weighted by Gasteiger charge is 2.32. The number of likely N-dealkylation sites (tertiary alicyclic amines) is 1. The third-order valence-corrected chi connectivity index (χ3v) is 8.89. The summed E-state index contributed by atoms with van der Waals surface area (Å²) in [6.45, 7) is 4.32. The standard InChI is InChI=1S/C26H34ClN3O3S/c27-25-12-10-21(11-13-25)20-34(32,33)30-16-6-9-24(19-30)26(31)28-17-22-7-2-3-8-23(22)18-29-14-4-1-5-15-29/h2-3,7-8,10-13,24H,1,4-6,9,14-20H2,(H,28,31)/t24-/m1/s1. The summed E-state index contributed by atoms with van der Waals surface area (Å²) < 4.78 is 27.4. The van der Waals surface area contributed by atoms with Crippen LogP contribution in [0.15, 0.2) is 48.5 Å². The molecule has 1 atom stereocenters. The minimum atomic E-state index is -3.50. The van der Waals surface area contributed by atoms with Gasteiger partial charge in [-0.1, -0.05) is 54.4 Å². The van der Waals surface area contributed by atoms with Crippen molar-refractivity contribution >= 4 is 27.5 Å². The molecule has 2 aliphatic heterocycles. The fourth-order valence-corrected chi connectivity index (χ4v) is 6.60. The molecule has 1 N–H and O–H groups in total. The van der Waals surface area contributed by atoms with Gasteiger partial charge in [0.15, 0.2) is 0 Å². The summed E-state index contributed by atoms with van der Waals surface area (Å²) in [4.78, 5) is 15.5. The van der Waals surface area contributed by atoms with E-state index in [1.54, 1.807) is 24.3 Å². The Morgan fingerprint density at radius 2 is 1.65 bits per heavy atom. The van der Waals surface area contributed by atoms with Crippen molar-refractivity contribution < 1.29 is 13.2 Å². The van der Waals surface area contributed by atoms with Gasteiger partial charge in [0, 0.05) is 31.2 Å². The van der Waals surface area contributed by atoms with Crippen molar-refractivity contribution in [2.75, 3.05) is 26.2 Å². The van der Waals surface area contributed by atoms with Crippen LogP contribution in [0.1, 0.15) is 48.8 Å². The Morgan fingerprint density at radius 1 is 0.941 bits per heavy atom. The molecule has 0 aliphatic carbocycles. The number of nitrogens with one attached hydrogen (secondary N) is 1. The summed E-state index contributed by atoms with van der Waals surface area (Å²) in [5.41, 5.74) is 3.08. The molecule has 34 heavy (non-hydrogen) atoms. The second-order valence-corrected chi connectivity index (χ2v) is 11.8. The zero-order valence-corrected chi connectivity index (χ0v) is 21.2. The summed E-state index contributed by atoms with van der Waals surface area (Å²) in [7, 11) is -3.50. The van der Waals surface area contributed by atoms with Crippen LogP contribution in [0.4, 0.5) is 0 Å². The number of nitrogens with zero attached hydrogens (tertiary/aromatic N) is 2. The first kappa shape index (κ1) is 25.2. The van der Waals surface area contributed by atoms with Gasteiger partial charge in [0.05, 0.1) is 11.7 Å². The fraction of sp³-hybridized carbons (Fsp3) is 0.500. The zero-order valence-electron chi connectivity index (χ0n) is 19.6. The summed E-state index contributed by atoms with van der Waals surface area (Å²) in [5, 5.41) is 3.66. The van der Waals surface area contributed by atoms with Gasteiger partial charge in [-0.15, -0.1) is 0 Å². The van der Waals surface area contributed by atoms with E-state index in [1.165, 1.54) is 29.1 Å². The first-order chi connectivity index (χ1) is 16.4. The number of hydrogen-bond donors (Lipinski definition) is 1. The number of amides is 1. The quantitative estimate of drug-likeness (QED) is 0.586. The Bertz CT molecular complexity index is 1070. The van der Waals surface area contributed by atoms with Crippen LogP contribution in [-0.4, -0.2) is 49.7 Å². The number of piperidine rings is 2. The molecular formula is C26H34ClN3O3S. The van der Waals surface area contributed by atoms with Gasteiger partial charge < -0.3 is 5.32 Å². The Kier molecular flexibility index (Phi) is 8.64. The number of rotatable bonds is 8. The van der Waals surface area contributed by atoms with Gasteiger partial charge >= 0.3 is 0 Å². The van der Waals surface area contributed by atoms with E-state index in [0.717, 1.165) is 25.2 Å². The van der Waals surface area contributed by atoms with Crippen molar-refractivity contribution in [2.24, 2.45) is 5.92 Å². The Morgan fingerprint density at radius 3 is 2.38 bits per heavy atom. The first-order valence-corrected chi connectivity index (χ1v) is 14.2. The van der Waals surface area contributed by atoms with E-state index in [9.17, 15) is 13.2 Å². The zero-order chi connectivity index (χ0) is 24.0. The van der Waals surface area contributed by atoms with E-state index in [1.807, 2.05) is 6.07 Å². The molecule has 2 aromatic rings. The van der Waals surface area contributed by atoms with E-state index in [0.29, 0.717) is 36.5 Å². The van der Waals surface area contributed by atoms with Gasteiger partial charge in [-0.25, -0.2) is 12.7 Å². The molecule has 2 heterocycles. The lowest BCUT2D eigenvalue weighted by Gasteiger charge is -2.31. The van der Waals surface area contributed by atoms with E-state index in [-0.39, 0.29) is 24.1 Å². The average molecular weight is 504 g/mol. The maximum atomic E-state index is 13.0. The average Bonchev–Trinajstić information content (AvgIpc) is 2.85. The van der Waals surface area contributed by atoms with Crippen molar-refractivity contribution in [3.8, 4) is 0 Å². The number of sulfonamides is 1. The van der Waals surface area contributed by atoms with Crippen LogP contribution < -0.4 is 5.32 Å². The maximum Gasteiger partial charge on any atom is 0.224 e. The van der Waals surface area contributed by atoms with Crippen molar-refractivity contribution in [2.45, 2.75) is 50.9 Å². The van der Waals surface area contributed by atoms with Gasteiger partial charge in [-0.2, -0.15) is 0 Å². The monoisotopic (exact) mass is 503 g/mol. The SMILES string of the molecule is O=C(NCc1ccccc1CN1CCCCC1)[C@@H]1CCCN(S(=O)(=O)Cc2ccc(Cl)cc2)C1. The van der Waals surface area contributed by atoms with Crippen LogP contribution >= 0.6 is 11.6 Å². The van der Waals surface area contributed by atoms with Crippen LogP contribution in [-0.2, 0) is 33.7 Å². The van der Waals surface area contributed by atoms with Crippen molar-refractivity contribution in [1.82, 2.24) is 14.5 Å². The second kappa shape index (κ2) is 11.7. The van der Waals surface area contributed by atoms with Crippen LogP contribution in [0.25, 0.3) is 0 Å². The highest BCUT2D eigenvalue weighted by Crippen LogP contribution is 2.23. The molecule has 1 amide bonds. The van der Waals surface area contributed by atoms with Gasteiger partial charge in [0.2, 0.25) is 15.9 Å². The summed E-state index contributed by atoms with van der Waals surface area (Å²) in [6.07, 6.45) is 5.19. The molecule has 0 spiro atoms. The Balaban J connectivity index is 1.33. The van der Waals surface area contributed by atoms with E-state index < -0.39 is 10.0 Å². The number of carbonyl (C=O) groups excluding carboxylic acids is 1. The first-order valence-electron chi connectivity index (χ1n) is 12.2. The molecular weight excluding hydrogens is 470 g/mol. The van der Waals surface area contributed by atoms with Crippen molar-refractivity contribution in [1.29, 1.82) is 0 Å². The van der Waals surface area contributed by atoms with E-state index in [2.05, 4.69) is 28.4 Å². The van der Waals surface area contributed by atoms with Gasteiger partial charge in [-0.3, -0.25) is 9.69 Å². The van der Waals surface area contributed by atoms with Crippen LogP contribution in [0.2, 0.25) is 5.02 Å². The predicted molar refractivity (Wildman–Crippen MR) is 136 cm³/mol. The van der Waals surface area contributed by atoms with E-state index >= 15 is 0 Å². The third kappa shape index (κ3) is 6.81. The highest BCUT2D eigenvalue weighted by molar-refractivity contribution is 7.88. The van der Waals surface area contributed by atoms with E-state index in [4.69, 9.17) is 11.6 Å². The van der Waals surface area contributed by atoms with Crippen molar-refractivity contribution in [3.05, 3.63) is 70.2 Å². The van der Waals surface area contributed by atoms with Crippen LogP contribution in [0.3, 0.4) is 0 Å². The molecule has 6 nitrogen and oxygen atoms in total. The third-order valence-electron chi connectivity index (χ3n) is 6.82. The molecule has 0 radical (unpaired) electrons. The molecule has 4 rings (SSSR count). The molecule has 2 aromatic carbocycles. The number of carbonyl (C=O) groups is 1. The maximum absolute atomic E-state index is 13.0. The summed E-state index contributed by atoms with van der Waals surface area (Å²) in [6, 6.07) is 15.1. The molecule has 2 fully saturated rings. The number of hydrogen-bond acceptors (Lipinski definition) is 4. The summed E-state index contributed by atoms with van der Waals surface area (Å²) in [5.74, 6) is -0.482. The van der Waals surface area contributed by atoms with Gasteiger partial charge in [0.1, 0.15) is 0 Å². The van der Waals surface area contributed by atoms with Gasteiger partial charge in [0.25, 0.3) is 0 Å². The van der Waals surface area contributed by atoms with Crippen molar-refractivity contribution in [3.63, 3.8) is 0 Å². The topological polar surface area (TPSA) is 69.7 Å². The minimum absolute atomic E-state index is 0.0702. The molecule has 8 heteroatoms. The van der Waals surface area contributed by atoms with Crippen LogP contribution in [0.5, 0.6) is 0 Å². The van der Waals surface area contributed by atoms with Crippen LogP contribution in [0, 0.1) is 5.92 Å². The lowest BCUT2D eigenvalue weighted by atomic mass is 9.98. The lowest BCUT2D eigenvalue weighted by molar-refractivity contribution is -0.126.